The summed E-state index contributed by atoms with van der Waals surface area (Å²) in [6.45, 7) is 1.03. The Labute approximate surface area is 104 Å². The van der Waals surface area contributed by atoms with E-state index in [1.54, 1.807) is 25.3 Å². The number of hydrogen-bond acceptors (Lipinski definition) is 3. The lowest BCUT2D eigenvalue weighted by Gasteiger charge is -2.08. The van der Waals surface area contributed by atoms with Crippen LogP contribution in [-0.4, -0.2) is 26.1 Å². The molecule has 1 aromatic carbocycles. The molecule has 0 aromatic heterocycles. The monoisotopic (exact) mass is 261 g/mol. The first-order valence-corrected chi connectivity index (χ1v) is 5.40. The fourth-order valence-corrected chi connectivity index (χ4v) is 1.64. The van der Waals surface area contributed by atoms with Crippen molar-refractivity contribution in [2.24, 2.45) is 10.8 Å². The number of hydrogen-bond donors (Lipinski definition) is 2. The Hall–Kier alpha value is -0.810. The van der Waals surface area contributed by atoms with Crippen LogP contribution in [0.3, 0.4) is 0 Å². The van der Waals surface area contributed by atoms with Gasteiger partial charge in [-0.2, -0.15) is 0 Å². The number of methoxy groups -OCH3 is 1. The number of rotatable bonds is 4. The van der Waals surface area contributed by atoms with Gasteiger partial charge in [-0.15, -0.1) is 0 Å². The number of benzene rings is 1. The lowest BCUT2D eigenvalue weighted by Crippen LogP contribution is -2.31. The van der Waals surface area contributed by atoms with Crippen molar-refractivity contribution in [1.82, 2.24) is 5.43 Å². The van der Waals surface area contributed by atoms with E-state index in [1.807, 2.05) is 0 Å². The molecule has 6 heteroatoms. The minimum absolute atomic E-state index is 0.501. The van der Waals surface area contributed by atoms with Crippen LogP contribution in [0.15, 0.2) is 23.2 Å². The van der Waals surface area contributed by atoms with Crippen LogP contribution in [-0.2, 0) is 4.74 Å². The molecule has 0 aliphatic rings. The number of nitrogens with zero attached hydrogens (tertiary/aromatic N) is 1. The first-order valence-electron chi connectivity index (χ1n) is 4.64. The summed E-state index contributed by atoms with van der Waals surface area (Å²) in [4.78, 5) is 4.22. The molecule has 0 atom stereocenters. The van der Waals surface area contributed by atoms with E-state index in [4.69, 9.17) is 33.8 Å². The van der Waals surface area contributed by atoms with E-state index in [2.05, 4.69) is 10.4 Å². The van der Waals surface area contributed by atoms with Crippen LogP contribution in [0.4, 0.5) is 0 Å². The van der Waals surface area contributed by atoms with Crippen LogP contribution in [0.25, 0.3) is 0 Å². The average molecular weight is 262 g/mol. The quantitative estimate of drug-likeness (QED) is 0.286. The third-order valence-corrected chi connectivity index (χ3v) is 2.44. The van der Waals surface area contributed by atoms with Gasteiger partial charge in [-0.1, -0.05) is 23.2 Å². The van der Waals surface area contributed by atoms with Crippen molar-refractivity contribution in [2.75, 3.05) is 20.3 Å². The summed E-state index contributed by atoms with van der Waals surface area (Å²) in [5.74, 6) is 5.89. The molecule has 1 aromatic rings. The van der Waals surface area contributed by atoms with E-state index in [0.717, 1.165) is 0 Å². The molecule has 16 heavy (non-hydrogen) atoms. The summed E-state index contributed by atoms with van der Waals surface area (Å²) in [5, 5.41) is 1.07. The van der Waals surface area contributed by atoms with Gasteiger partial charge in [0.15, 0.2) is 0 Å². The highest BCUT2D eigenvalue weighted by Gasteiger charge is 2.07. The molecule has 0 aliphatic carbocycles. The van der Waals surface area contributed by atoms with Gasteiger partial charge < -0.3 is 10.2 Å². The average Bonchev–Trinajstić information content (AvgIpc) is 2.26. The Balaban J connectivity index is 2.90. The SMILES string of the molecule is COCCN=C(NN)c1ccc(Cl)cc1Cl. The third-order valence-electron chi connectivity index (χ3n) is 1.89. The van der Waals surface area contributed by atoms with Crippen LogP contribution < -0.4 is 11.3 Å². The second-order valence-electron chi connectivity index (χ2n) is 2.99. The molecule has 3 N–H and O–H groups in total. The number of hydrazine groups is 1. The minimum atomic E-state index is 0.501. The lowest BCUT2D eigenvalue weighted by atomic mass is 10.2. The first kappa shape index (κ1) is 13.3. The maximum absolute atomic E-state index is 6.02. The molecule has 0 radical (unpaired) electrons. The van der Waals surface area contributed by atoms with Gasteiger partial charge in [-0.3, -0.25) is 4.99 Å². The summed E-state index contributed by atoms with van der Waals surface area (Å²) in [5.41, 5.74) is 3.22. The van der Waals surface area contributed by atoms with Gasteiger partial charge >= 0.3 is 0 Å². The van der Waals surface area contributed by atoms with Gasteiger partial charge in [-0.05, 0) is 18.2 Å². The van der Waals surface area contributed by atoms with Crippen molar-refractivity contribution >= 4 is 29.0 Å². The number of halogens is 2. The molecule has 0 heterocycles. The van der Waals surface area contributed by atoms with Crippen LogP contribution in [0, 0.1) is 0 Å². The second-order valence-corrected chi connectivity index (χ2v) is 3.84. The highest BCUT2D eigenvalue weighted by atomic mass is 35.5. The second kappa shape index (κ2) is 6.70. The summed E-state index contributed by atoms with van der Waals surface area (Å²) in [6, 6.07) is 5.13. The van der Waals surface area contributed by atoms with E-state index in [9.17, 15) is 0 Å². The van der Waals surface area contributed by atoms with E-state index in [-0.39, 0.29) is 0 Å². The predicted molar refractivity (Wildman–Crippen MR) is 67.1 cm³/mol. The fourth-order valence-electron chi connectivity index (χ4n) is 1.14. The van der Waals surface area contributed by atoms with E-state index < -0.39 is 0 Å². The third kappa shape index (κ3) is 3.64. The Bertz CT molecular complexity index is 382. The summed E-state index contributed by atoms with van der Waals surface area (Å²) < 4.78 is 4.89. The molecule has 0 fully saturated rings. The van der Waals surface area contributed by atoms with E-state index in [0.29, 0.717) is 34.6 Å². The van der Waals surface area contributed by atoms with Gasteiger partial charge in [0, 0.05) is 17.7 Å². The van der Waals surface area contributed by atoms with Crippen molar-refractivity contribution in [3.8, 4) is 0 Å². The molecule has 88 valence electrons. The lowest BCUT2D eigenvalue weighted by molar-refractivity contribution is 0.208. The Kier molecular flexibility index (Phi) is 5.55. The van der Waals surface area contributed by atoms with Crippen molar-refractivity contribution in [2.45, 2.75) is 0 Å². The number of ether oxygens (including phenoxy) is 1. The maximum atomic E-state index is 6.02. The van der Waals surface area contributed by atoms with Crippen molar-refractivity contribution in [3.05, 3.63) is 33.8 Å². The molecule has 0 saturated carbocycles. The van der Waals surface area contributed by atoms with Gasteiger partial charge in [0.25, 0.3) is 0 Å². The van der Waals surface area contributed by atoms with Crippen molar-refractivity contribution < 1.29 is 4.74 Å². The normalized spacial score (nSPS) is 11.6. The first-order chi connectivity index (χ1) is 7.69. The van der Waals surface area contributed by atoms with Gasteiger partial charge in [0.05, 0.1) is 18.2 Å². The molecule has 0 bridgehead atoms. The van der Waals surface area contributed by atoms with Crippen LogP contribution in [0.5, 0.6) is 0 Å². The zero-order valence-electron chi connectivity index (χ0n) is 8.84. The maximum Gasteiger partial charge on any atom is 0.144 e. The summed E-state index contributed by atoms with van der Waals surface area (Å²) >= 11 is 11.8. The largest absolute Gasteiger partial charge is 0.383 e. The molecule has 4 nitrogen and oxygen atoms in total. The molecular formula is C10H13Cl2N3O. The molecule has 0 amide bonds. The number of amidine groups is 1. The van der Waals surface area contributed by atoms with Crippen LogP contribution >= 0.6 is 23.2 Å². The topological polar surface area (TPSA) is 59.6 Å². The predicted octanol–water partition coefficient (Wildman–Crippen LogP) is 1.85. The van der Waals surface area contributed by atoms with E-state index >= 15 is 0 Å². The zero-order valence-corrected chi connectivity index (χ0v) is 10.3. The molecule has 0 unspecified atom stereocenters. The van der Waals surface area contributed by atoms with Gasteiger partial charge in [0.2, 0.25) is 0 Å². The Morgan fingerprint density at radius 2 is 2.25 bits per heavy atom. The van der Waals surface area contributed by atoms with Gasteiger partial charge in [0.1, 0.15) is 5.84 Å². The van der Waals surface area contributed by atoms with Gasteiger partial charge in [-0.25, -0.2) is 5.84 Å². The summed E-state index contributed by atoms with van der Waals surface area (Å²) in [6.07, 6.45) is 0. The smallest absolute Gasteiger partial charge is 0.144 e. The standard InChI is InChI=1S/C10H13Cl2N3O/c1-16-5-4-14-10(15-13)8-3-2-7(11)6-9(8)12/h2-3,6H,4-5,13H2,1H3,(H,14,15). The Morgan fingerprint density at radius 1 is 1.50 bits per heavy atom. The van der Waals surface area contributed by atoms with Crippen LogP contribution in [0.2, 0.25) is 10.0 Å². The number of nitrogens with one attached hydrogen (secondary N) is 1. The Morgan fingerprint density at radius 3 is 2.81 bits per heavy atom. The number of nitrogens with two attached hydrogens (primary N) is 1. The molecule has 0 spiro atoms. The fraction of sp³-hybridized carbons (Fsp3) is 0.300. The molecular weight excluding hydrogens is 249 g/mol. The highest BCUT2D eigenvalue weighted by Crippen LogP contribution is 2.20. The molecule has 1 rings (SSSR count). The highest BCUT2D eigenvalue weighted by molar-refractivity contribution is 6.36. The van der Waals surface area contributed by atoms with Crippen molar-refractivity contribution in [1.29, 1.82) is 0 Å². The minimum Gasteiger partial charge on any atom is -0.383 e. The summed E-state index contributed by atoms with van der Waals surface area (Å²) in [7, 11) is 1.61. The van der Waals surface area contributed by atoms with Crippen molar-refractivity contribution in [3.63, 3.8) is 0 Å². The molecule has 0 saturated heterocycles. The number of aliphatic imine (C=N–C) groups is 1. The molecule has 0 aliphatic heterocycles. The van der Waals surface area contributed by atoms with Crippen LogP contribution in [0.1, 0.15) is 5.56 Å². The zero-order chi connectivity index (χ0) is 12.0. The van der Waals surface area contributed by atoms with E-state index in [1.165, 1.54) is 0 Å².